The minimum absolute atomic E-state index is 0.0896. The normalized spacial score (nSPS) is 10.4. The average molecular weight is 437 g/mol. The second kappa shape index (κ2) is 6.12. The lowest BCUT2D eigenvalue weighted by molar-refractivity contribution is 0.0950. The van der Waals surface area contributed by atoms with Crippen molar-refractivity contribution in [1.82, 2.24) is 10.3 Å². The largest absolute Gasteiger partial charge is 0.345 e. The van der Waals surface area contributed by atoms with E-state index in [4.69, 9.17) is 0 Å². The third kappa shape index (κ3) is 3.52. The first-order chi connectivity index (χ1) is 8.56. The van der Waals surface area contributed by atoms with Crippen LogP contribution in [0.5, 0.6) is 0 Å². The van der Waals surface area contributed by atoms with Crippen molar-refractivity contribution in [1.29, 1.82) is 0 Å². The van der Waals surface area contributed by atoms with Gasteiger partial charge < -0.3 is 5.32 Å². The monoisotopic (exact) mass is 436 g/mol. The standard InChI is InChI=1S/C12H10BrIN2OS/c1-7-5-15-11(18-7)6-16-12(17)9-4-8(14)2-3-10(9)13/h2-5H,6H2,1H3,(H,16,17). The van der Waals surface area contributed by atoms with E-state index < -0.39 is 0 Å². The Bertz CT molecular complexity index is 585. The van der Waals surface area contributed by atoms with Crippen LogP contribution in [-0.2, 0) is 6.54 Å². The molecule has 0 aliphatic carbocycles. The SMILES string of the molecule is Cc1cnc(CNC(=O)c2cc(I)ccc2Br)s1. The second-order valence-corrected chi connectivity index (χ2v) is 7.09. The molecule has 2 rings (SSSR count). The Morgan fingerprint density at radius 2 is 2.33 bits per heavy atom. The van der Waals surface area contributed by atoms with Crippen molar-refractivity contribution in [2.45, 2.75) is 13.5 Å². The molecule has 94 valence electrons. The summed E-state index contributed by atoms with van der Waals surface area (Å²) in [5, 5.41) is 3.79. The van der Waals surface area contributed by atoms with Crippen LogP contribution in [0.2, 0.25) is 0 Å². The van der Waals surface area contributed by atoms with E-state index in [1.165, 1.54) is 0 Å². The van der Waals surface area contributed by atoms with Crippen LogP contribution in [0.1, 0.15) is 20.2 Å². The topological polar surface area (TPSA) is 42.0 Å². The average Bonchev–Trinajstić information content (AvgIpc) is 2.75. The molecule has 0 atom stereocenters. The van der Waals surface area contributed by atoms with E-state index in [0.717, 1.165) is 17.9 Å². The number of carbonyl (C=O) groups is 1. The molecule has 1 aromatic heterocycles. The van der Waals surface area contributed by atoms with Gasteiger partial charge in [-0.2, -0.15) is 0 Å². The molecule has 0 bridgehead atoms. The zero-order valence-electron chi connectivity index (χ0n) is 9.54. The number of nitrogens with zero attached hydrogens (tertiary/aromatic N) is 1. The maximum Gasteiger partial charge on any atom is 0.252 e. The summed E-state index contributed by atoms with van der Waals surface area (Å²) < 4.78 is 1.83. The Hall–Kier alpha value is -0.470. The van der Waals surface area contributed by atoms with Gasteiger partial charge in [-0.3, -0.25) is 4.79 Å². The molecular weight excluding hydrogens is 427 g/mol. The lowest BCUT2D eigenvalue weighted by atomic mass is 10.2. The molecule has 0 saturated heterocycles. The number of aryl methyl sites for hydroxylation is 1. The van der Waals surface area contributed by atoms with Gasteiger partial charge in [0.25, 0.3) is 5.91 Å². The fourth-order valence-corrected chi connectivity index (χ4v) is 3.05. The second-order valence-electron chi connectivity index (χ2n) is 3.67. The van der Waals surface area contributed by atoms with Crippen LogP contribution in [0.25, 0.3) is 0 Å². The van der Waals surface area contributed by atoms with Gasteiger partial charge in [-0.05, 0) is 63.6 Å². The van der Waals surface area contributed by atoms with E-state index in [9.17, 15) is 4.79 Å². The number of amides is 1. The molecule has 6 heteroatoms. The molecule has 1 aromatic carbocycles. The Kier molecular flexibility index (Phi) is 4.74. The van der Waals surface area contributed by atoms with Gasteiger partial charge in [0.2, 0.25) is 0 Å². The van der Waals surface area contributed by atoms with Crippen LogP contribution >= 0.6 is 49.9 Å². The minimum Gasteiger partial charge on any atom is -0.345 e. The molecule has 0 fully saturated rings. The van der Waals surface area contributed by atoms with Gasteiger partial charge in [0.05, 0.1) is 12.1 Å². The van der Waals surface area contributed by atoms with Gasteiger partial charge in [0.15, 0.2) is 0 Å². The smallest absolute Gasteiger partial charge is 0.252 e. The first kappa shape index (κ1) is 14.0. The summed E-state index contributed by atoms with van der Waals surface area (Å²) in [7, 11) is 0. The highest BCUT2D eigenvalue weighted by molar-refractivity contribution is 14.1. The summed E-state index contributed by atoms with van der Waals surface area (Å²) in [6, 6.07) is 5.68. The molecule has 1 heterocycles. The Labute approximate surface area is 131 Å². The molecule has 0 spiro atoms. The third-order valence-corrected chi connectivity index (χ3v) is 4.52. The van der Waals surface area contributed by atoms with Crippen LogP contribution in [0, 0.1) is 10.5 Å². The number of carbonyl (C=O) groups excluding carboxylic acids is 1. The summed E-state index contributed by atoms with van der Waals surface area (Å²) in [6.07, 6.45) is 1.81. The molecule has 2 aromatic rings. The van der Waals surface area contributed by atoms with Crippen molar-refractivity contribution >= 4 is 55.8 Å². The predicted octanol–water partition coefficient (Wildman–Crippen LogP) is 3.75. The lowest BCUT2D eigenvalue weighted by Gasteiger charge is -2.05. The Morgan fingerprint density at radius 3 is 3.00 bits per heavy atom. The zero-order valence-corrected chi connectivity index (χ0v) is 14.1. The van der Waals surface area contributed by atoms with Crippen LogP contribution in [0.3, 0.4) is 0 Å². The van der Waals surface area contributed by atoms with Crippen molar-refractivity contribution in [3.05, 3.63) is 47.9 Å². The summed E-state index contributed by atoms with van der Waals surface area (Å²) in [4.78, 5) is 17.4. The van der Waals surface area contributed by atoms with Crippen LogP contribution < -0.4 is 5.32 Å². The highest BCUT2D eigenvalue weighted by atomic mass is 127. The van der Waals surface area contributed by atoms with Gasteiger partial charge in [-0.15, -0.1) is 11.3 Å². The highest BCUT2D eigenvalue weighted by Crippen LogP contribution is 2.19. The first-order valence-electron chi connectivity index (χ1n) is 5.21. The molecule has 18 heavy (non-hydrogen) atoms. The van der Waals surface area contributed by atoms with Gasteiger partial charge >= 0.3 is 0 Å². The van der Waals surface area contributed by atoms with Crippen molar-refractivity contribution < 1.29 is 4.79 Å². The van der Waals surface area contributed by atoms with E-state index >= 15 is 0 Å². The number of thiazole rings is 1. The first-order valence-corrected chi connectivity index (χ1v) is 7.89. The molecule has 0 aliphatic heterocycles. The number of aromatic nitrogens is 1. The minimum atomic E-state index is -0.0896. The van der Waals surface area contributed by atoms with Crippen LogP contribution in [0.4, 0.5) is 0 Å². The number of halogens is 2. The molecule has 1 amide bonds. The maximum atomic E-state index is 12.0. The predicted molar refractivity (Wildman–Crippen MR) is 84.9 cm³/mol. The molecule has 1 N–H and O–H groups in total. The van der Waals surface area contributed by atoms with Crippen molar-refractivity contribution in [3.63, 3.8) is 0 Å². The van der Waals surface area contributed by atoms with Gasteiger partial charge in [-0.25, -0.2) is 4.98 Å². The molecule has 0 saturated carbocycles. The van der Waals surface area contributed by atoms with Crippen molar-refractivity contribution in [3.8, 4) is 0 Å². The van der Waals surface area contributed by atoms with E-state index in [2.05, 4.69) is 48.8 Å². The van der Waals surface area contributed by atoms with E-state index in [1.807, 2.05) is 31.3 Å². The molecule has 0 radical (unpaired) electrons. The van der Waals surface area contributed by atoms with Crippen LogP contribution in [0.15, 0.2) is 28.9 Å². The number of hydrogen-bond acceptors (Lipinski definition) is 3. The quantitative estimate of drug-likeness (QED) is 0.744. The number of benzene rings is 1. The van der Waals surface area contributed by atoms with Crippen LogP contribution in [-0.4, -0.2) is 10.9 Å². The Balaban J connectivity index is 2.05. The summed E-state index contributed by atoms with van der Waals surface area (Å²) in [6.45, 7) is 2.47. The number of nitrogens with one attached hydrogen (secondary N) is 1. The fourth-order valence-electron chi connectivity index (χ4n) is 1.41. The molecule has 3 nitrogen and oxygen atoms in total. The summed E-state index contributed by atoms with van der Waals surface area (Å²) >= 11 is 7.17. The molecule has 0 unspecified atom stereocenters. The maximum absolute atomic E-state index is 12.0. The van der Waals surface area contributed by atoms with E-state index in [0.29, 0.717) is 12.1 Å². The highest BCUT2D eigenvalue weighted by Gasteiger charge is 2.10. The lowest BCUT2D eigenvalue weighted by Crippen LogP contribution is -2.23. The summed E-state index contributed by atoms with van der Waals surface area (Å²) in [5.74, 6) is -0.0896. The summed E-state index contributed by atoms with van der Waals surface area (Å²) in [5.41, 5.74) is 0.648. The van der Waals surface area contributed by atoms with Gasteiger partial charge in [0.1, 0.15) is 5.01 Å². The fraction of sp³-hybridized carbons (Fsp3) is 0.167. The van der Waals surface area contributed by atoms with Crippen molar-refractivity contribution in [2.75, 3.05) is 0 Å². The van der Waals surface area contributed by atoms with E-state index in [-0.39, 0.29) is 5.91 Å². The molecular formula is C12H10BrIN2OS. The van der Waals surface area contributed by atoms with Gasteiger partial charge in [-0.1, -0.05) is 0 Å². The molecule has 0 aliphatic rings. The zero-order chi connectivity index (χ0) is 13.1. The van der Waals surface area contributed by atoms with Crippen molar-refractivity contribution in [2.24, 2.45) is 0 Å². The number of hydrogen-bond donors (Lipinski definition) is 1. The number of rotatable bonds is 3. The Morgan fingerprint density at radius 1 is 1.56 bits per heavy atom. The van der Waals surface area contributed by atoms with E-state index in [1.54, 1.807) is 11.3 Å². The third-order valence-electron chi connectivity index (χ3n) is 2.24. The van der Waals surface area contributed by atoms with Gasteiger partial charge in [0, 0.05) is 19.1 Å².